The summed E-state index contributed by atoms with van der Waals surface area (Å²) in [7, 11) is 1.22. The van der Waals surface area contributed by atoms with Crippen LogP contribution in [0.15, 0.2) is 36.4 Å². The lowest BCUT2D eigenvalue weighted by molar-refractivity contribution is 0.0599. The zero-order valence-corrected chi connectivity index (χ0v) is 11.1. The zero-order chi connectivity index (χ0) is 15.6. The monoisotopic (exact) mass is 289 g/mol. The number of carboxylic acids is 1. The number of hydrogen-bond donors (Lipinski definition) is 2. The summed E-state index contributed by atoms with van der Waals surface area (Å²) in [6, 6.07) is 7.69. The Morgan fingerprint density at radius 3 is 2.48 bits per heavy atom. The molecule has 0 saturated carbocycles. The second-order valence-electron chi connectivity index (χ2n) is 4.34. The van der Waals surface area contributed by atoms with Crippen molar-refractivity contribution < 1.29 is 23.8 Å². The molecule has 5 nitrogen and oxygen atoms in total. The number of rotatable bonds is 3. The summed E-state index contributed by atoms with van der Waals surface area (Å²) < 4.78 is 18.5. The maximum Gasteiger partial charge on any atom is 0.337 e. The van der Waals surface area contributed by atoms with Crippen LogP contribution in [-0.2, 0) is 4.74 Å². The molecule has 0 saturated heterocycles. The van der Waals surface area contributed by atoms with E-state index in [1.54, 1.807) is 0 Å². The van der Waals surface area contributed by atoms with Crippen molar-refractivity contribution in [1.82, 2.24) is 0 Å². The van der Waals surface area contributed by atoms with E-state index in [0.717, 1.165) is 6.07 Å². The van der Waals surface area contributed by atoms with E-state index in [1.807, 2.05) is 0 Å². The Morgan fingerprint density at radius 1 is 1.14 bits per heavy atom. The smallest absolute Gasteiger partial charge is 0.337 e. The Hall–Kier alpha value is -2.89. The number of nitrogens with two attached hydrogens (primary N) is 1. The summed E-state index contributed by atoms with van der Waals surface area (Å²) >= 11 is 0. The molecule has 0 fully saturated rings. The third-order valence-electron chi connectivity index (χ3n) is 2.90. The Labute approximate surface area is 119 Å². The highest BCUT2D eigenvalue weighted by Crippen LogP contribution is 2.27. The van der Waals surface area contributed by atoms with Crippen molar-refractivity contribution in [3.63, 3.8) is 0 Å². The molecule has 0 aromatic heterocycles. The standard InChI is InChI=1S/C15H12FNO4/c1-21-15(20)8-2-3-13(16)12(7-8)9-4-10(14(18)19)6-11(17)5-9/h2-7H,17H2,1H3,(H,18,19). The number of methoxy groups -OCH3 is 1. The van der Waals surface area contributed by atoms with Crippen molar-refractivity contribution in [1.29, 1.82) is 0 Å². The fourth-order valence-electron chi connectivity index (χ4n) is 1.92. The van der Waals surface area contributed by atoms with Gasteiger partial charge in [-0.1, -0.05) is 0 Å². The summed E-state index contributed by atoms with van der Waals surface area (Å²) in [5, 5.41) is 9.01. The van der Waals surface area contributed by atoms with Crippen LogP contribution in [0.4, 0.5) is 10.1 Å². The van der Waals surface area contributed by atoms with E-state index in [9.17, 15) is 14.0 Å². The van der Waals surface area contributed by atoms with Gasteiger partial charge in [-0.2, -0.15) is 0 Å². The molecule has 3 N–H and O–H groups in total. The number of esters is 1. The molecule has 0 amide bonds. The van der Waals surface area contributed by atoms with Crippen LogP contribution >= 0.6 is 0 Å². The number of carbonyl (C=O) groups is 2. The first-order chi connectivity index (χ1) is 9.92. The highest BCUT2D eigenvalue weighted by Gasteiger charge is 2.14. The van der Waals surface area contributed by atoms with Crippen molar-refractivity contribution in [3.05, 3.63) is 53.3 Å². The molecule has 2 aromatic carbocycles. The van der Waals surface area contributed by atoms with Gasteiger partial charge in [0.05, 0.1) is 18.2 Å². The van der Waals surface area contributed by atoms with Crippen molar-refractivity contribution >= 4 is 17.6 Å². The summed E-state index contributed by atoms with van der Waals surface area (Å²) in [6.07, 6.45) is 0. The minimum absolute atomic E-state index is 0.0622. The lowest BCUT2D eigenvalue weighted by Crippen LogP contribution is -2.03. The van der Waals surface area contributed by atoms with Crippen LogP contribution in [0.2, 0.25) is 0 Å². The molecule has 0 atom stereocenters. The molecule has 0 heterocycles. The average molecular weight is 289 g/mol. The fraction of sp³-hybridized carbons (Fsp3) is 0.0667. The van der Waals surface area contributed by atoms with Gasteiger partial charge in [0.25, 0.3) is 0 Å². The number of hydrogen-bond acceptors (Lipinski definition) is 4. The van der Waals surface area contributed by atoms with Gasteiger partial charge >= 0.3 is 11.9 Å². The SMILES string of the molecule is COC(=O)c1ccc(F)c(-c2cc(N)cc(C(=O)O)c2)c1. The molecule has 0 aliphatic carbocycles. The lowest BCUT2D eigenvalue weighted by Gasteiger charge is -2.08. The summed E-state index contributed by atoms with van der Waals surface area (Å²) in [6.45, 7) is 0. The topological polar surface area (TPSA) is 89.6 Å². The molecule has 0 spiro atoms. The largest absolute Gasteiger partial charge is 0.478 e. The van der Waals surface area contributed by atoms with E-state index in [2.05, 4.69) is 4.74 Å². The minimum atomic E-state index is -1.17. The molecular formula is C15H12FNO4. The lowest BCUT2D eigenvalue weighted by atomic mass is 9.99. The van der Waals surface area contributed by atoms with Crippen LogP contribution in [0.3, 0.4) is 0 Å². The predicted molar refractivity (Wildman–Crippen MR) is 74.5 cm³/mol. The molecule has 2 rings (SSSR count). The predicted octanol–water partition coefficient (Wildman–Crippen LogP) is 2.56. The van der Waals surface area contributed by atoms with Gasteiger partial charge in [-0.25, -0.2) is 14.0 Å². The third-order valence-corrected chi connectivity index (χ3v) is 2.90. The number of carboxylic acid groups (broad SMARTS) is 1. The molecule has 0 bridgehead atoms. The molecule has 0 aliphatic heterocycles. The summed E-state index contributed by atoms with van der Waals surface area (Å²) in [5.41, 5.74) is 6.27. The summed E-state index contributed by atoms with van der Waals surface area (Å²) in [4.78, 5) is 22.5. The fourth-order valence-corrected chi connectivity index (χ4v) is 1.92. The maximum atomic E-state index is 13.9. The van der Waals surface area contributed by atoms with E-state index >= 15 is 0 Å². The first-order valence-corrected chi connectivity index (χ1v) is 5.94. The number of halogens is 1. The number of aromatic carboxylic acids is 1. The number of ether oxygens (including phenoxy) is 1. The molecular weight excluding hydrogens is 277 g/mol. The van der Waals surface area contributed by atoms with E-state index < -0.39 is 17.8 Å². The zero-order valence-electron chi connectivity index (χ0n) is 11.1. The molecule has 2 aromatic rings. The average Bonchev–Trinajstić information content (AvgIpc) is 2.46. The van der Waals surface area contributed by atoms with Crippen LogP contribution in [0.25, 0.3) is 11.1 Å². The van der Waals surface area contributed by atoms with Crippen molar-refractivity contribution in [3.8, 4) is 11.1 Å². The van der Waals surface area contributed by atoms with Crippen molar-refractivity contribution in [2.75, 3.05) is 12.8 Å². The highest BCUT2D eigenvalue weighted by molar-refractivity contribution is 5.93. The number of nitrogen functional groups attached to an aromatic ring is 1. The molecule has 0 aliphatic rings. The minimum Gasteiger partial charge on any atom is -0.478 e. The van der Waals surface area contributed by atoms with E-state index in [-0.39, 0.29) is 27.9 Å². The normalized spacial score (nSPS) is 10.2. The second-order valence-corrected chi connectivity index (χ2v) is 4.34. The van der Waals surface area contributed by atoms with Crippen LogP contribution < -0.4 is 5.73 Å². The third kappa shape index (κ3) is 3.00. The summed E-state index contributed by atoms with van der Waals surface area (Å²) in [5.74, 6) is -2.38. The molecule has 0 unspecified atom stereocenters. The number of carbonyl (C=O) groups excluding carboxylic acids is 1. The Morgan fingerprint density at radius 2 is 1.86 bits per heavy atom. The van der Waals surface area contributed by atoms with E-state index in [1.165, 1.54) is 37.4 Å². The second kappa shape index (κ2) is 5.62. The first kappa shape index (κ1) is 14.5. The van der Waals surface area contributed by atoms with Gasteiger partial charge in [0.2, 0.25) is 0 Å². The van der Waals surface area contributed by atoms with Gasteiger partial charge in [0.1, 0.15) is 5.82 Å². The highest BCUT2D eigenvalue weighted by atomic mass is 19.1. The van der Waals surface area contributed by atoms with Crippen molar-refractivity contribution in [2.45, 2.75) is 0 Å². The van der Waals surface area contributed by atoms with E-state index in [4.69, 9.17) is 10.8 Å². The van der Waals surface area contributed by atoms with Crippen LogP contribution in [-0.4, -0.2) is 24.2 Å². The molecule has 0 radical (unpaired) electrons. The van der Waals surface area contributed by atoms with Crippen molar-refractivity contribution in [2.24, 2.45) is 0 Å². The quantitative estimate of drug-likeness (QED) is 0.669. The van der Waals surface area contributed by atoms with Gasteiger partial charge in [-0.15, -0.1) is 0 Å². The molecule has 108 valence electrons. The van der Waals surface area contributed by atoms with Gasteiger partial charge < -0.3 is 15.6 Å². The van der Waals surface area contributed by atoms with Gasteiger partial charge in [0, 0.05) is 11.3 Å². The Kier molecular flexibility index (Phi) is 3.89. The van der Waals surface area contributed by atoms with E-state index in [0.29, 0.717) is 0 Å². The van der Waals surface area contributed by atoms with Gasteiger partial charge in [-0.05, 0) is 42.0 Å². The van der Waals surface area contributed by atoms with Crippen LogP contribution in [0.5, 0.6) is 0 Å². The maximum absolute atomic E-state index is 13.9. The van der Waals surface area contributed by atoms with Gasteiger partial charge in [-0.3, -0.25) is 0 Å². The Bertz CT molecular complexity index is 728. The number of anilines is 1. The van der Waals surface area contributed by atoms with Crippen LogP contribution in [0.1, 0.15) is 20.7 Å². The number of benzene rings is 2. The molecule has 21 heavy (non-hydrogen) atoms. The Balaban J connectivity index is 2.60. The van der Waals surface area contributed by atoms with Gasteiger partial charge in [0.15, 0.2) is 0 Å². The first-order valence-electron chi connectivity index (χ1n) is 5.94. The van der Waals surface area contributed by atoms with Crippen LogP contribution in [0, 0.1) is 5.82 Å². The molecule has 6 heteroatoms.